The van der Waals surface area contributed by atoms with Crippen molar-refractivity contribution in [3.05, 3.63) is 68.5 Å². The maximum Gasteiger partial charge on any atom is 0.259 e. The molecule has 3 aromatic rings. The number of anilines is 3. The van der Waals surface area contributed by atoms with Crippen LogP contribution in [0.15, 0.2) is 35.4 Å². The van der Waals surface area contributed by atoms with Gasteiger partial charge in [0.05, 0.1) is 29.3 Å². The van der Waals surface area contributed by atoms with Gasteiger partial charge in [-0.15, -0.1) is 0 Å². The molecule has 204 valence electrons. The molecule has 1 amide bonds. The average molecular weight is 563 g/mol. The second-order valence-electron chi connectivity index (χ2n) is 8.41. The number of hydrogen-bond acceptors (Lipinski definition) is 8. The van der Waals surface area contributed by atoms with Gasteiger partial charge in [-0.2, -0.15) is 0 Å². The van der Waals surface area contributed by atoms with Crippen LogP contribution in [0, 0.1) is 19.7 Å². The van der Waals surface area contributed by atoms with Crippen LogP contribution in [0.25, 0.3) is 0 Å². The Balaban J connectivity index is 0.00000195. The highest BCUT2D eigenvalue weighted by Gasteiger charge is 2.31. The van der Waals surface area contributed by atoms with Crippen molar-refractivity contribution >= 4 is 46.8 Å². The minimum absolute atomic E-state index is 0.00777. The second-order valence-corrected chi connectivity index (χ2v) is 9.60. The van der Waals surface area contributed by atoms with E-state index in [4.69, 9.17) is 16.3 Å². The molecule has 0 bridgehead atoms. The van der Waals surface area contributed by atoms with E-state index in [1.54, 1.807) is 33.0 Å². The van der Waals surface area contributed by atoms with Gasteiger partial charge in [-0.05, 0) is 51.4 Å². The zero-order chi connectivity index (χ0) is 28.0. The molecular weight excluding hydrogens is 531 g/mol. The summed E-state index contributed by atoms with van der Waals surface area (Å²) in [5, 5.41) is 6.08. The Bertz CT molecular complexity index is 1380. The molecule has 1 aliphatic carbocycles. The van der Waals surface area contributed by atoms with Crippen molar-refractivity contribution in [2.75, 3.05) is 17.1 Å². The van der Waals surface area contributed by atoms with Gasteiger partial charge in [-0.25, -0.2) is 9.11 Å². The fraction of sp³-hybridized carbons (Fsp3) is 0.346. The van der Waals surface area contributed by atoms with Crippen LogP contribution < -0.4 is 30.4 Å². The number of nitrogens with zero attached hydrogens (tertiary/aromatic N) is 2. The first-order chi connectivity index (χ1) is 18.2. The largest absolute Gasteiger partial charge is 0.453 e. The molecule has 12 heteroatoms. The number of hydrogen-bond donors (Lipinski definition) is 4. The molecule has 0 atom stereocenters. The smallest absolute Gasteiger partial charge is 0.259 e. The summed E-state index contributed by atoms with van der Waals surface area (Å²) in [5.41, 5.74) is 1.14. The number of nitrogens with one attached hydrogen (secondary N) is 4. The summed E-state index contributed by atoms with van der Waals surface area (Å²) in [4.78, 5) is 30.8. The van der Waals surface area contributed by atoms with Crippen molar-refractivity contribution in [2.45, 2.75) is 46.6 Å². The van der Waals surface area contributed by atoms with E-state index in [1.165, 1.54) is 42.2 Å². The van der Waals surface area contributed by atoms with Gasteiger partial charge >= 0.3 is 0 Å². The minimum Gasteiger partial charge on any atom is -0.453 e. The van der Waals surface area contributed by atoms with Gasteiger partial charge in [0.1, 0.15) is 22.2 Å². The van der Waals surface area contributed by atoms with Crippen LogP contribution in [0.1, 0.15) is 48.2 Å². The van der Waals surface area contributed by atoms with Gasteiger partial charge in [0, 0.05) is 25.2 Å². The molecule has 4 N–H and O–H groups in total. The first kappa shape index (κ1) is 29.3. The fourth-order valence-electron chi connectivity index (χ4n) is 3.52. The summed E-state index contributed by atoms with van der Waals surface area (Å²) in [6.45, 7) is 7.33. The van der Waals surface area contributed by atoms with Crippen molar-refractivity contribution in [3.63, 3.8) is 0 Å². The van der Waals surface area contributed by atoms with Crippen molar-refractivity contribution in [2.24, 2.45) is 7.05 Å². The predicted octanol–water partition coefficient (Wildman–Crippen LogP) is 5.84. The lowest BCUT2D eigenvalue weighted by Crippen LogP contribution is -2.31. The van der Waals surface area contributed by atoms with E-state index in [0.29, 0.717) is 5.69 Å². The van der Waals surface area contributed by atoms with Crippen LogP contribution in [-0.2, 0) is 7.05 Å². The monoisotopic (exact) mass is 562 g/mol. The molecule has 2 aromatic heterocycles. The Morgan fingerprint density at radius 2 is 1.92 bits per heavy atom. The minimum atomic E-state index is -0.521. The maximum atomic E-state index is 14.7. The lowest BCUT2D eigenvalue weighted by atomic mass is 10.1. The first-order valence-electron chi connectivity index (χ1n) is 12.2. The number of aryl methyl sites for hydroxylation is 1. The summed E-state index contributed by atoms with van der Waals surface area (Å²) in [6.07, 6.45) is 4.62. The molecule has 38 heavy (non-hydrogen) atoms. The Morgan fingerprint density at radius 1 is 1.21 bits per heavy atom. The highest BCUT2D eigenvalue weighted by molar-refractivity contribution is 7.98. The van der Waals surface area contributed by atoms with Crippen LogP contribution in [0.4, 0.5) is 21.6 Å². The van der Waals surface area contributed by atoms with Crippen molar-refractivity contribution in [1.82, 2.24) is 19.6 Å². The highest BCUT2D eigenvalue weighted by atomic mass is 35.5. The van der Waals surface area contributed by atoms with Crippen LogP contribution in [0.2, 0.25) is 5.02 Å². The third-order valence-corrected chi connectivity index (χ3v) is 6.52. The number of rotatable bonds is 9. The summed E-state index contributed by atoms with van der Waals surface area (Å²) < 4.78 is 27.9. The van der Waals surface area contributed by atoms with Crippen molar-refractivity contribution in [3.8, 4) is 11.5 Å². The molecule has 0 spiro atoms. The molecular formula is C26H32ClFN6O3S. The summed E-state index contributed by atoms with van der Waals surface area (Å²) >= 11 is 7.71. The predicted molar refractivity (Wildman–Crippen MR) is 152 cm³/mol. The number of carbonyl (C=O) groups excluding carboxylic acids is 1. The van der Waals surface area contributed by atoms with Gasteiger partial charge in [-0.3, -0.25) is 19.1 Å². The molecule has 2 heterocycles. The number of benzene rings is 1. The van der Waals surface area contributed by atoms with E-state index < -0.39 is 17.3 Å². The number of ether oxygens (including phenoxy) is 1. The lowest BCUT2D eigenvalue weighted by molar-refractivity contribution is 0.0948. The standard InChI is InChI=1S/C24H26ClFN6O3S.C2H6/c1-12-5-8-16(15(26)9-12)30-22-19(23(33)29-14-6-7-14)21(13(2)24(34)32(22)4)35-18-11-28-10-17(20(18)25)31-36-27-3;1-2/h5,8-11,14,27,30-31H,6-7H2,1-4H3,(H,29,33);1-2H3. The molecule has 0 unspecified atom stereocenters. The molecule has 0 aliphatic heterocycles. The molecule has 1 fully saturated rings. The third kappa shape index (κ3) is 6.58. The second kappa shape index (κ2) is 13.0. The van der Waals surface area contributed by atoms with Crippen LogP contribution in [-0.4, -0.2) is 28.5 Å². The van der Waals surface area contributed by atoms with E-state index in [1.807, 2.05) is 13.8 Å². The molecule has 1 saturated carbocycles. The fourth-order valence-corrected chi connectivity index (χ4v) is 4.12. The molecule has 0 radical (unpaired) electrons. The Kier molecular flexibility index (Phi) is 10.0. The van der Waals surface area contributed by atoms with Gasteiger partial charge in [0.15, 0.2) is 11.5 Å². The van der Waals surface area contributed by atoms with Crippen LogP contribution >= 0.6 is 23.7 Å². The third-order valence-electron chi connectivity index (χ3n) is 5.61. The van der Waals surface area contributed by atoms with Crippen molar-refractivity contribution in [1.29, 1.82) is 0 Å². The Hall–Kier alpha value is -3.28. The number of amides is 1. The van der Waals surface area contributed by atoms with Crippen LogP contribution in [0.3, 0.4) is 0 Å². The van der Waals surface area contributed by atoms with Crippen molar-refractivity contribution < 1.29 is 13.9 Å². The molecule has 0 saturated heterocycles. The van der Waals surface area contributed by atoms with Gasteiger partial charge in [0.2, 0.25) is 0 Å². The number of pyridine rings is 2. The van der Waals surface area contributed by atoms with Gasteiger partial charge < -0.3 is 20.1 Å². The first-order valence-corrected chi connectivity index (χ1v) is 13.4. The van der Waals surface area contributed by atoms with Gasteiger partial charge in [0.25, 0.3) is 11.5 Å². The normalized spacial score (nSPS) is 12.3. The summed E-state index contributed by atoms with van der Waals surface area (Å²) in [6, 6.07) is 4.67. The number of aromatic nitrogens is 2. The molecule has 1 aromatic carbocycles. The average Bonchev–Trinajstić information content (AvgIpc) is 3.72. The summed E-state index contributed by atoms with van der Waals surface area (Å²) in [7, 11) is 3.24. The maximum absolute atomic E-state index is 14.7. The lowest BCUT2D eigenvalue weighted by Gasteiger charge is -2.22. The van der Waals surface area contributed by atoms with Crippen LogP contribution in [0.5, 0.6) is 11.5 Å². The number of carbonyl (C=O) groups is 1. The topological polar surface area (TPSA) is 109 Å². The zero-order valence-electron chi connectivity index (χ0n) is 22.2. The zero-order valence-corrected chi connectivity index (χ0v) is 23.7. The van der Waals surface area contributed by atoms with E-state index in [0.717, 1.165) is 18.4 Å². The highest BCUT2D eigenvalue weighted by Crippen LogP contribution is 2.39. The number of halogens is 2. The van der Waals surface area contributed by atoms with E-state index in [2.05, 4.69) is 25.1 Å². The van der Waals surface area contributed by atoms with E-state index >= 15 is 0 Å². The quantitative estimate of drug-likeness (QED) is 0.241. The Labute approximate surface area is 230 Å². The molecule has 1 aliphatic rings. The molecule has 4 rings (SSSR count). The Morgan fingerprint density at radius 3 is 2.55 bits per heavy atom. The van der Waals surface area contributed by atoms with Gasteiger partial charge in [-0.1, -0.05) is 31.5 Å². The SMILES string of the molecule is CC.CNSNc1cncc(Oc2c(C(=O)NC3CC3)c(Nc3ccc(C)cc3F)n(C)c(=O)c2C)c1Cl. The van der Waals surface area contributed by atoms with E-state index in [9.17, 15) is 14.0 Å². The molecule has 9 nitrogen and oxygen atoms in total. The van der Waals surface area contributed by atoms with E-state index in [-0.39, 0.29) is 45.2 Å². The summed E-state index contributed by atoms with van der Waals surface area (Å²) in [5.74, 6) is -0.737.